The average Bonchev–Trinajstić information content (AvgIpc) is 2.37. The molecule has 0 aliphatic carbocycles. The second-order valence-electron chi connectivity index (χ2n) is 6.02. The Hall–Kier alpha value is -1.04. The summed E-state index contributed by atoms with van der Waals surface area (Å²) in [7, 11) is 0. The molecule has 0 aliphatic heterocycles. The highest BCUT2D eigenvalue weighted by Crippen LogP contribution is 2.34. The lowest BCUT2D eigenvalue weighted by atomic mass is 9.85. The summed E-state index contributed by atoms with van der Waals surface area (Å²) in [5.74, 6) is 0. The van der Waals surface area contributed by atoms with Crippen LogP contribution in [0.2, 0.25) is 0 Å². The van der Waals surface area contributed by atoms with E-state index in [0.717, 1.165) is 32.4 Å². The Bertz CT molecular complexity index is 635. The summed E-state index contributed by atoms with van der Waals surface area (Å²) in [4.78, 5) is 0. The maximum absolute atomic E-state index is 12.6. The van der Waals surface area contributed by atoms with Crippen LogP contribution in [-0.4, -0.2) is 0 Å². The van der Waals surface area contributed by atoms with E-state index < -0.39 is 11.7 Å². The number of benzene rings is 2. The summed E-state index contributed by atoms with van der Waals surface area (Å²) in [5, 5.41) is 0. The maximum Gasteiger partial charge on any atom is 0.416 e. The van der Waals surface area contributed by atoms with Crippen molar-refractivity contribution in [2.24, 2.45) is 0 Å². The van der Waals surface area contributed by atoms with Crippen molar-refractivity contribution < 1.29 is 13.2 Å². The third kappa shape index (κ3) is 3.78. The zero-order valence-corrected chi connectivity index (χ0v) is 14.2. The molecule has 0 saturated carbocycles. The van der Waals surface area contributed by atoms with E-state index in [1.807, 2.05) is 6.07 Å². The van der Waals surface area contributed by atoms with E-state index in [4.69, 9.17) is 0 Å². The van der Waals surface area contributed by atoms with Crippen molar-refractivity contribution in [3.63, 3.8) is 0 Å². The smallest absolute Gasteiger partial charge is 0.166 e. The quantitative estimate of drug-likeness (QED) is 0.491. The predicted octanol–water partition coefficient (Wildman–Crippen LogP) is 6.27. The fourth-order valence-corrected chi connectivity index (χ4v) is 2.70. The Balaban J connectivity index is 2.47. The minimum absolute atomic E-state index is 0.00496. The van der Waals surface area contributed by atoms with Crippen LogP contribution in [-0.2, 0) is 11.6 Å². The topological polar surface area (TPSA) is 0 Å². The third-order valence-electron chi connectivity index (χ3n) is 3.36. The average molecular weight is 404 g/mol. The van der Waals surface area contributed by atoms with Crippen LogP contribution in [0.4, 0.5) is 13.2 Å². The van der Waals surface area contributed by atoms with Gasteiger partial charge in [0, 0.05) is 3.57 Å². The number of hydrogen-bond acceptors (Lipinski definition) is 0. The van der Waals surface area contributed by atoms with E-state index in [9.17, 15) is 13.2 Å². The van der Waals surface area contributed by atoms with E-state index in [2.05, 4.69) is 55.5 Å². The highest BCUT2D eigenvalue weighted by molar-refractivity contribution is 14.1. The zero-order chi connectivity index (χ0) is 15.8. The van der Waals surface area contributed by atoms with Crippen LogP contribution in [0.1, 0.15) is 31.9 Å². The molecular weight excluding hydrogens is 388 g/mol. The zero-order valence-electron chi connectivity index (χ0n) is 12.1. The SMILES string of the molecule is CC(C)(C)c1ccc(I)c(-c2ccc(C(F)(F)F)cc2)c1. The van der Waals surface area contributed by atoms with Gasteiger partial charge in [-0.2, -0.15) is 13.2 Å². The monoisotopic (exact) mass is 404 g/mol. The molecule has 0 unspecified atom stereocenters. The summed E-state index contributed by atoms with van der Waals surface area (Å²) in [5.41, 5.74) is 2.33. The van der Waals surface area contributed by atoms with Gasteiger partial charge in [-0.1, -0.05) is 39.0 Å². The van der Waals surface area contributed by atoms with Gasteiger partial charge in [-0.25, -0.2) is 0 Å². The Morgan fingerprint density at radius 2 is 1.33 bits per heavy atom. The lowest BCUT2D eigenvalue weighted by Gasteiger charge is -2.20. The maximum atomic E-state index is 12.6. The predicted molar refractivity (Wildman–Crippen MR) is 88.3 cm³/mol. The first-order valence-corrected chi connectivity index (χ1v) is 7.64. The Morgan fingerprint density at radius 1 is 0.810 bits per heavy atom. The van der Waals surface area contributed by atoms with Gasteiger partial charge < -0.3 is 0 Å². The lowest BCUT2D eigenvalue weighted by molar-refractivity contribution is -0.137. The molecule has 4 heteroatoms. The molecule has 0 radical (unpaired) electrons. The summed E-state index contributed by atoms with van der Waals surface area (Å²) < 4.78 is 38.9. The molecule has 0 aromatic heterocycles. The molecule has 0 atom stereocenters. The minimum atomic E-state index is -4.29. The Kier molecular flexibility index (Phi) is 4.38. The second kappa shape index (κ2) is 5.63. The van der Waals surface area contributed by atoms with Crippen molar-refractivity contribution in [2.75, 3.05) is 0 Å². The van der Waals surface area contributed by atoms with Crippen molar-refractivity contribution in [2.45, 2.75) is 32.4 Å². The van der Waals surface area contributed by atoms with E-state index in [0.29, 0.717) is 0 Å². The van der Waals surface area contributed by atoms with Crippen LogP contribution in [0.25, 0.3) is 11.1 Å². The van der Waals surface area contributed by atoms with Gasteiger partial charge in [0.2, 0.25) is 0 Å². The largest absolute Gasteiger partial charge is 0.416 e. The summed E-state index contributed by atoms with van der Waals surface area (Å²) in [6, 6.07) is 11.5. The molecule has 0 nitrogen and oxygen atoms in total. The van der Waals surface area contributed by atoms with Gasteiger partial charge in [0.15, 0.2) is 0 Å². The number of hydrogen-bond donors (Lipinski definition) is 0. The molecule has 112 valence electrons. The van der Waals surface area contributed by atoms with E-state index in [1.165, 1.54) is 12.1 Å². The van der Waals surface area contributed by atoms with Gasteiger partial charge in [-0.15, -0.1) is 0 Å². The van der Waals surface area contributed by atoms with Gasteiger partial charge >= 0.3 is 6.18 Å². The Labute approximate surface area is 136 Å². The molecule has 0 aliphatic rings. The molecule has 2 aromatic carbocycles. The molecular formula is C17H16F3I. The minimum Gasteiger partial charge on any atom is -0.166 e. The van der Waals surface area contributed by atoms with Crippen LogP contribution < -0.4 is 0 Å². The summed E-state index contributed by atoms with van der Waals surface area (Å²) in [6.07, 6.45) is -4.29. The molecule has 0 bridgehead atoms. The van der Waals surface area contributed by atoms with Gasteiger partial charge in [0.1, 0.15) is 0 Å². The van der Waals surface area contributed by atoms with Gasteiger partial charge in [-0.05, 0) is 69.0 Å². The Morgan fingerprint density at radius 3 is 1.81 bits per heavy atom. The lowest BCUT2D eigenvalue weighted by Crippen LogP contribution is -2.11. The first-order valence-electron chi connectivity index (χ1n) is 6.57. The first-order chi connectivity index (χ1) is 9.59. The molecule has 0 N–H and O–H groups in total. The van der Waals surface area contributed by atoms with Crippen LogP contribution in [0, 0.1) is 3.57 Å². The van der Waals surface area contributed by atoms with Crippen LogP contribution in [0.5, 0.6) is 0 Å². The second-order valence-corrected chi connectivity index (χ2v) is 7.18. The third-order valence-corrected chi connectivity index (χ3v) is 4.30. The highest BCUT2D eigenvalue weighted by atomic mass is 127. The number of halogens is 4. The van der Waals surface area contributed by atoms with Crippen molar-refractivity contribution in [3.8, 4) is 11.1 Å². The van der Waals surface area contributed by atoms with Crippen molar-refractivity contribution in [3.05, 3.63) is 57.2 Å². The number of rotatable bonds is 1. The molecule has 0 fully saturated rings. The molecule has 0 spiro atoms. The van der Waals surface area contributed by atoms with Crippen molar-refractivity contribution >= 4 is 22.6 Å². The summed E-state index contributed by atoms with van der Waals surface area (Å²) >= 11 is 2.21. The molecule has 0 saturated heterocycles. The molecule has 2 aromatic rings. The normalized spacial score (nSPS) is 12.5. The van der Waals surface area contributed by atoms with E-state index >= 15 is 0 Å². The van der Waals surface area contributed by atoms with E-state index in [1.54, 1.807) is 0 Å². The van der Waals surface area contributed by atoms with Crippen molar-refractivity contribution in [1.29, 1.82) is 0 Å². The van der Waals surface area contributed by atoms with E-state index in [-0.39, 0.29) is 5.41 Å². The summed E-state index contributed by atoms with van der Waals surface area (Å²) in [6.45, 7) is 6.35. The fourth-order valence-electron chi connectivity index (χ4n) is 2.05. The molecule has 0 heterocycles. The first kappa shape index (κ1) is 16.3. The van der Waals surface area contributed by atoms with Gasteiger partial charge in [0.05, 0.1) is 5.56 Å². The highest BCUT2D eigenvalue weighted by Gasteiger charge is 2.30. The molecule has 21 heavy (non-hydrogen) atoms. The molecule has 2 rings (SSSR count). The fraction of sp³-hybridized carbons (Fsp3) is 0.294. The molecule has 0 amide bonds. The van der Waals surface area contributed by atoms with Gasteiger partial charge in [0.25, 0.3) is 0 Å². The number of alkyl halides is 3. The standard InChI is InChI=1S/C17H16F3I/c1-16(2,3)13-8-9-15(21)14(10-13)11-4-6-12(7-5-11)17(18,19)20/h4-10H,1-3H3. The van der Waals surface area contributed by atoms with Crippen LogP contribution >= 0.6 is 22.6 Å². The van der Waals surface area contributed by atoms with Crippen molar-refractivity contribution in [1.82, 2.24) is 0 Å². The van der Waals surface area contributed by atoms with Crippen LogP contribution in [0.3, 0.4) is 0 Å². The van der Waals surface area contributed by atoms with Gasteiger partial charge in [-0.3, -0.25) is 0 Å². The van der Waals surface area contributed by atoms with Crippen LogP contribution in [0.15, 0.2) is 42.5 Å².